The van der Waals surface area contributed by atoms with Crippen LogP contribution in [0.4, 0.5) is 5.69 Å². The minimum atomic E-state index is -3.73. The maximum atomic E-state index is 11.9. The van der Waals surface area contributed by atoms with E-state index in [-0.39, 0.29) is 16.4 Å². The molecule has 0 saturated heterocycles. The first-order valence-electron chi connectivity index (χ1n) is 6.46. The molecular weight excluding hydrogens is 320 g/mol. The number of hydrogen-bond acceptors (Lipinski definition) is 6. The van der Waals surface area contributed by atoms with Gasteiger partial charge < -0.3 is 0 Å². The van der Waals surface area contributed by atoms with Gasteiger partial charge in [-0.2, -0.15) is 13.5 Å². The molecule has 0 spiro atoms. The molecule has 0 fully saturated rings. The zero-order chi connectivity index (χ0) is 16.4. The first kappa shape index (κ1) is 14.9. The van der Waals surface area contributed by atoms with Gasteiger partial charge in [0.2, 0.25) is 0 Å². The first-order valence-corrected chi connectivity index (χ1v) is 7.90. The van der Waals surface area contributed by atoms with Crippen LogP contribution in [-0.4, -0.2) is 25.4 Å². The van der Waals surface area contributed by atoms with Gasteiger partial charge in [0.05, 0.1) is 16.7 Å². The van der Waals surface area contributed by atoms with Gasteiger partial charge in [-0.1, -0.05) is 24.3 Å². The van der Waals surface area contributed by atoms with Gasteiger partial charge >= 0.3 is 0 Å². The Morgan fingerprint density at radius 3 is 2.61 bits per heavy atom. The van der Waals surface area contributed by atoms with Crippen LogP contribution in [0.15, 0.2) is 62.9 Å². The number of fused-ring (bicyclic) bond motifs is 1. The van der Waals surface area contributed by atoms with Crippen LogP contribution in [0.5, 0.6) is 0 Å². The van der Waals surface area contributed by atoms with Crippen LogP contribution in [0.25, 0.3) is 0 Å². The summed E-state index contributed by atoms with van der Waals surface area (Å²) in [6.45, 7) is 0. The highest BCUT2D eigenvalue weighted by molar-refractivity contribution is 7.90. The third kappa shape index (κ3) is 2.81. The number of rotatable bonds is 3. The van der Waals surface area contributed by atoms with E-state index in [1.54, 1.807) is 30.3 Å². The lowest BCUT2D eigenvalue weighted by atomic mass is 10.2. The van der Waals surface area contributed by atoms with Crippen molar-refractivity contribution < 1.29 is 13.3 Å². The van der Waals surface area contributed by atoms with Crippen LogP contribution in [0, 0.1) is 10.1 Å². The van der Waals surface area contributed by atoms with Crippen molar-refractivity contribution >= 4 is 27.8 Å². The number of benzene rings is 2. The van der Waals surface area contributed by atoms with Crippen molar-refractivity contribution in [2.24, 2.45) is 9.50 Å². The highest BCUT2D eigenvalue weighted by Crippen LogP contribution is 2.24. The zero-order valence-electron chi connectivity index (χ0n) is 11.6. The molecule has 1 aliphatic heterocycles. The SMILES string of the molecule is O=[N+]([O-])c1ccccc1/C=N\NC1=NS(=O)(=O)c2ccccc21. The summed E-state index contributed by atoms with van der Waals surface area (Å²) in [4.78, 5) is 10.5. The largest absolute Gasteiger partial charge is 0.285 e. The molecule has 1 N–H and O–H groups in total. The number of nitrogens with zero attached hydrogens (tertiary/aromatic N) is 3. The highest BCUT2D eigenvalue weighted by atomic mass is 32.2. The lowest BCUT2D eigenvalue weighted by Crippen LogP contribution is -2.17. The summed E-state index contributed by atoms with van der Waals surface area (Å²) < 4.78 is 27.3. The lowest BCUT2D eigenvalue weighted by molar-refractivity contribution is -0.385. The fraction of sp³-hybridized carbons (Fsp3) is 0. The van der Waals surface area contributed by atoms with E-state index in [2.05, 4.69) is 14.9 Å². The number of para-hydroxylation sites is 1. The summed E-state index contributed by atoms with van der Waals surface area (Å²) in [6, 6.07) is 12.4. The van der Waals surface area contributed by atoms with E-state index in [0.29, 0.717) is 11.1 Å². The Kier molecular flexibility index (Phi) is 3.62. The van der Waals surface area contributed by atoms with E-state index >= 15 is 0 Å². The number of hydrazone groups is 1. The summed E-state index contributed by atoms with van der Waals surface area (Å²) in [5.74, 6) is 0.0791. The average molecular weight is 330 g/mol. The van der Waals surface area contributed by atoms with Crippen molar-refractivity contribution in [3.05, 3.63) is 69.8 Å². The quantitative estimate of drug-likeness (QED) is 0.522. The number of sulfonamides is 1. The van der Waals surface area contributed by atoms with Crippen LogP contribution in [0.2, 0.25) is 0 Å². The third-order valence-corrected chi connectivity index (χ3v) is 4.47. The van der Waals surface area contributed by atoms with Crippen molar-refractivity contribution in [1.29, 1.82) is 0 Å². The monoisotopic (exact) mass is 330 g/mol. The smallest absolute Gasteiger partial charge is 0.260 e. The van der Waals surface area contributed by atoms with Crippen LogP contribution >= 0.6 is 0 Å². The van der Waals surface area contributed by atoms with Crippen molar-refractivity contribution in [2.45, 2.75) is 4.90 Å². The lowest BCUT2D eigenvalue weighted by Gasteiger charge is -2.00. The molecule has 0 unspecified atom stereocenters. The van der Waals surface area contributed by atoms with Gasteiger partial charge in [-0.05, 0) is 18.2 Å². The first-order chi connectivity index (χ1) is 11.0. The molecular formula is C14H10N4O4S. The van der Waals surface area contributed by atoms with Crippen LogP contribution in [0.1, 0.15) is 11.1 Å². The van der Waals surface area contributed by atoms with Crippen molar-refractivity contribution in [2.75, 3.05) is 0 Å². The second-order valence-corrected chi connectivity index (χ2v) is 6.17. The summed E-state index contributed by atoms with van der Waals surface area (Å²) in [6.07, 6.45) is 1.24. The number of nitro groups is 1. The molecule has 2 aromatic rings. The van der Waals surface area contributed by atoms with Crippen LogP contribution in [0.3, 0.4) is 0 Å². The number of nitrogens with one attached hydrogen (secondary N) is 1. The second kappa shape index (κ2) is 5.61. The molecule has 9 heteroatoms. The van der Waals surface area contributed by atoms with E-state index < -0.39 is 14.9 Å². The molecule has 0 radical (unpaired) electrons. The molecule has 0 amide bonds. The molecule has 1 aliphatic rings. The molecule has 1 heterocycles. The summed E-state index contributed by atoms with van der Waals surface area (Å²) in [7, 11) is -3.73. The Labute approximate surface area is 131 Å². The van der Waals surface area contributed by atoms with Gasteiger partial charge in [0.25, 0.3) is 15.7 Å². The average Bonchev–Trinajstić information content (AvgIpc) is 2.79. The van der Waals surface area contributed by atoms with Crippen molar-refractivity contribution in [1.82, 2.24) is 5.43 Å². The molecule has 0 saturated carbocycles. The van der Waals surface area contributed by atoms with Gasteiger partial charge in [-0.3, -0.25) is 15.5 Å². The predicted molar refractivity (Wildman–Crippen MR) is 84.0 cm³/mol. The van der Waals surface area contributed by atoms with Gasteiger partial charge in [0.15, 0.2) is 5.84 Å². The fourth-order valence-corrected chi connectivity index (χ4v) is 3.28. The molecule has 23 heavy (non-hydrogen) atoms. The standard InChI is InChI=1S/C14H10N4O4S/c19-18(20)12-7-3-1-5-10(12)9-15-16-14-11-6-2-4-8-13(11)23(21,22)17-14/h1-9H,(H,16,17)/b15-9-. The Hall–Kier alpha value is -3.07. The fourth-order valence-electron chi connectivity index (χ4n) is 2.11. The maximum absolute atomic E-state index is 11.9. The minimum absolute atomic E-state index is 0.0791. The molecule has 3 rings (SSSR count). The molecule has 8 nitrogen and oxygen atoms in total. The van der Waals surface area contributed by atoms with Gasteiger partial charge in [-0.15, -0.1) is 4.40 Å². The summed E-state index contributed by atoms with van der Waals surface area (Å²) in [5, 5.41) is 14.8. The number of nitro benzene ring substituents is 1. The minimum Gasteiger partial charge on any atom is -0.260 e. The van der Waals surface area contributed by atoms with Crippen LogP contribution < -0.4 is 5.43 Å². The molecule has 0 bridgehead atoms. The van der Waals surface area contributed by atoms with Crippen molar-refractivity contribution in [3.8, 4) is 0 Å². The second-order valence-electron chi connectivity index (χ2n) is 4.60. The maximum Gasteiger partial charge on any atom is 0.285 e. The molecule has 0 aromatic heterocycles. The summed E-state index contributed by atoms with van der Waals surface area (Å²) in [5.41, 5.74) is 3.13. The third-order valence-electron chi connectivity index (χ3n) is 3.14. The summed E-state index contributed by atoms with van der Waals surface area (Å²) >= 11 is 0. The Morgan fingerprint density at radius 2 is 1.83 bits per heavy atom. The Balaban J connectivity index is 1.87. The highest BCUT2D eigenvalue weighted by Gasteiger charge is 2.28. The van der Waals surface area contributed by atoms with E-state index in [1.807, 2.05) is 0 Å². The number of amidine groups is 1. The number of hydrogen-bond donors (Lipinski definition) is 1. The van der Waals surface area contributed by atoms with Gasteiger partial charge in [-0.25, -0.2) is 0 Å². The van der Waals surface area contributed by atoms with Gasteiger partial charge in [0, 0.05) is 11.6 Å². The normalized spacial score (nSPS) is 15.2. The molecule has 0 aliphatic carbocycles. The molecule has 2 aromatic carbocycles. The van der Waals surface area contributed by atoms with Crippen LogP contribution in [-0.2, 0) is 10.0 Å². The molecule has 0 atom stereocenters. The Morgan fingerprint density at radius 1 is 1.13 bits per heavy atom. The molecule has 116 valence electrons. The van der Waals surface area contributed by atoms with E-state index in [4.69, 9.17) is 0 Å². The van der Waals surface area contributed by atoms with E-state index in [1.165, 1.54) is 24.4 Å². The zero-order valence-corrected chi connectivity index (χ0v) is 12.4. The van der Waals surface area contributed by atoms with Gasteiger partial charge in [0.1, 0.15) is 4.90 Å². The van der Waals surface area contributed by atoms with E-state index in [9.17, 15) is 18.5 Å². The topological polar surface area (TPSA) is 114 Å². The predicted octanol–water partition coefficient (Wildman–Crippen LogP) is 1.67. The Bertz CT molecular complexity index is 951. The van der Waals surface area contributed by atoms with Crippen molar-refractivity contribution in [3.63, 3.8) is 0 Å². The van der Waals surface area contributed by atoms with E-state index in [0.717, 1.165) is 0 Å².